The molecule has 1 aliphatic heterocycles. The third-order valence-electron chi connectivity index (χ3n) is 2.19. The van der Waals surface area contributed by atoms with Crippen LogP contribution in [-0.2, 0) is 0 Å². The Kier molecular flexibility index (Phi) is 1.52. The van der Waals surface area contributed by atoms with Crippen LogP contribution in [0, 0.1) is 0 Å². The molecule has 0 amide bonds. The maximum Gasteiger partial charge on any atom is 0.641 e. The Hall–Kier alpha value is -1.86. The summed E-state index contributed by atoms with van der Waals surface area (Å²) in [4.78, 5) is 0. The van der Waals surface area contributed by atoms with Crippen molar-refractivity contribution in [3.8, 4) is 11.5 Å². The molecule has 0 saturated heterocycles. The Labute approximate surface area is 82.3 Å². The highest BCUT2D eigenvalue weighted by molar-refractivity contribution is 6.57. The zero-order chi connectivity index (χ0) is 9.38. The number of hydrogen-bond acceptors (Lipinski definition) is 2. The van der Waals surface area contributed by atoms with E-state index in [0.717, 1.165) is 17.0 Å². The summed E-state index contributed by atoms with van der Waals surface area (Å²) in [5.74, 6) is 1.60. The molecule has 0 saturated carbocycles. The lowest BCUT2D eigenvalue weighted by Crippen LogP contribution is -2.26. The van der Waals surface area contributed by atoms with Crippen LogP contribution >= 0.6 is 0 Å². The minimum absolute atomic E-state index is 0.331. The molecular weight excluding hydrogens is 175 g/mol. The normalized spacial score (nSPS) is 16.3. The van der Waals surface area contributed by atoms with E-state index in [-0.39, 0.29) is 7.12 Å². The molecule has 0 fully saturated rings. The Morgan fingerprint density at radius 2 is 1.79 bits per heavy atom. The molecular formula is C11H7BO2. The first-order valence-corrected chi connectivity index (χ1v) is 4.49. The largest absolute Gasteiger partial charge is 0.641 e. The molecule has 0 atom stereocenters. The van der Waals surface area contributed by atoms with Crippen LogP contribution in [0.3, 0.4) is 0 Å². The third kappa shape index (κ3) is 1.07. The first-order valence-electron chi connectivity index (χ1n) is 4.49. The lowest BCUT2D eigenvalue weighted by atomic mass is 9.80. The van der Waals surface area contributed by atoms with Crippen LogP contribution in [0.25, 0.3) is 0 Å². The first kappa shape index (κ1) is 7.54. The van der Waals surface area contributed by atoms with Gasteiger partial charge in [0.2, 0.25) is 0 Å². The molecule has 0 unspecified atom stereocenters. The van der Waals surface area contributed by atoms with Crippen molar-refractivity contribution in [2.24, 2.45) is 0 Å². The summed E-state index contributed by atoms with van der Waals surface area (Å²) in [5.41, 5.74) is 4.00. The van der Waals surface area contributed by atoms with Gasteiger partial charge in [-0.1, -0.05) is 24.3 Å². The van der Waals surface area contributed by atoms with Gasteiger partial charge in [0.1, 0.15) is 11.5 Å². The van der Waals surface area contributed by atoms with Crippen molar-refractivity contribution in [2.45, 2.75) is 0 Å². The van der Waals surface area contributed by atoms with E-state index in [4.69, 9.17) is 9.31 Å². The van der Waals surface area contributed by atoms with E-state index in [0.29, 0.717) is 0 Å². The van der Waals surface area contributed by atoms with Crippen molar-refractivity contribution in [1.29, 1.82) is 0 Å². The Morgan fingerprint density at radius 3 is 2.36 bits per heavy atom. The molecule has 1 heterocycles. The molecule has 66 valence electrons. The van der Waals surface area contributed by atoms with Gasteiger partial charge in [0.05, 0.1) is 5.47 Å². The molecule has 1 aromatic rings. The number of para-hydroxylation sites is 2. The minimum atomic E-state index is -0.331. The maximum absolute atomic E-state index is 5.60. The van der Waals surface area contributed by atoms with Crippen molar-refractivity contribution in [1.82, 2.24) is 0 Å². The number of rotatable bonds is 1. The van der Waals surface area contributed by atoms with Crippen molar-refractivity contribution < 1.29 is 9.31 Å². The molecule has 2 nitrogen and oxygen atoms in total. The van der Waals surface area contributed by atoms with Gasteiger partial charge in [-0.05, 0) is 18.2 Å². The van der Waals surface area contributed by atoms with Gasteiger partial charge >= 0.3 is 7.12 Å². The summed E-state index contributed by atoms with van der Waals surface area (Å²) >= 11 is 0. The van der Waals surface area contributed by atoms with Crippen LogP contribution in [0.15, 0.2) is 53.7 Å². The molecule has 0 radical (unpaired) electrons. The second kappa shape index (κ2) is 2.83. The maximum atomic E-state index is 5.60. The number of fused-ring (bicyclic) bond motifs is 1. The summed E-state index contributed by atoms with van der Waals surface area (Å²) in [6.45, 7) is 0. The Morgan fingerprint density at radius 1 is 1.07 bits per heavy atom. The average molecular weight is 182 g/mol. The summed E-state index contributed by atoms with van der Waals surface area (Å²) in [6.07, 6.45) is 5.71. The smallest absolute Gasteiger partial charge is 0.519 e. The fourth-order valence-corrected chi connectivity index (χ4v) is 1.52. The van der Waals surface area contributed by atoms with E-state index in [9.17, 15) is 0 Å². The van der Waals surface area contributed by atoms with Crippen molar-refractivity contribution >= 4 is 7.12 Å². The highest BCUT2D eigenvalue weighted by Crippen LogP contribution is 2.34. The van der Waals surface area contributed by atoms with Crippen molar-refractivity contribution in [3.63, 3.8) is 0 Å². The second-order valence-corrected chi connectivity index (χ2v) is 3.14. The molecule has 3 heteroatoms. The molecule has 1 aromatic carbocycles. The van der Waals surface area contributed by atoms with Gasteiger partial charge < -0.3 is 9.31 Å². The van der Waals surface area contributed by atoms with E-state index in [1.807, 2.05) is 42.5 Å². The minimum Gasteiger partial charge on any atom is -0.519 e. The predicted octanol–water partition coefficient (Wildman–Crippen LogP) is 2.14. The monoisotopic (exact) mass is 182 g/mol. The summed E-state index contributed by atoms with van der Waals surface area (Å²) in [5, 5.41) is 0. The Balaban J connectivity index is 1.92. The van der Waals surface area contributed by atoms with Gasteiger partial charge in [0, 0.05) is 0 Å². The second-order valence-electron chi connectivity index (χ2n) is 3.14. The van der Waals surface area contributed by atoms with Crippen LogP contribution < -0.4 is 9.31 Å². The summed E-state index contributed by atoms with van der Waals surface area (Å²) in [6, 6.07) is 7.66. The summed E-state index contributed by atoms with van der Waals surface area (Å²) in [7, 11) is -0.331. The van der Waals surface area contributed by atoms with Gasteiger partial charge in [-0.15, -0.1) is 5.73 Å². The van der Waals surface area contributed by atoms with Crippen LogP contribution in [0.2, 0.25) is 0 Å². The highest BCUT2D eigenvalue weighted by Gasteiger charge is 2.35. The SMILES string of the molecule is C1=CC=CC=1B1Oc2ccccc2O1. The van der Waals surface area contributed by atoms with E-state index in [1.54, 1.807) is 0 Å². The van der Waals surface area contributed by atoms with Crippen molar-refractivity contribution in [3.05, 3.63) is 53.7 Å². The molecule has 3 rings (SSSR count). The first-order chi connectivity index (χ1) is 6.93. The molecule has 0 aromatic heterocycles. The molecule has 0 spiro atoms. The van der Waals surface area contributed by atoms with Crippen LogP contribution in [0.1, 0.15) is 0 Å². The Bertz CT molecular complexity index is 445. The lowest BCUT2D eigenvalue weighted by Gasteiger charge is -2.01. The molecule has 1 aliphatic carbocycles. The molecule has 14 heavy (non-hydrogen) atoms. The van der Waals surface area contributed by atoms with Crippen molar-refractivity contribution in [2.75, 3.05) is 0 Å². The fourth-order valence-electron chi connectivity index (χ4n) is 1.52. The zero-order valence-electron chi connectivity index (χ0n) is 7.44. The standard InChI is InChI=1S/C11H7BO2/c1-2-6-9(5-1)12-13-10-7-3-4-8-11(10)14-12/h1-5,7-8H. The number of benzene rings is 1. The zero-order valence-corrected chi connectivity index (χ0v) is 7.44. The fraction of sp³-hybridized carbons (Fsp3) is 0. The quantitative estimate of drug-likeness (QED) is 0.489. The average Bonchev–Trinajstić information content (AvgIpc) is 2.86. The van der Waals surface area contributed by atoms with Gasteiger partial charge in [0.15, 0.2) is 0 Å². The van der Waals surface area contributed by atoms with E-state index < -0.39 is 0 Å². The molecule has 0 bridgehead atoms. The third-order valence-corrected chi connectivity index (χ3v) is 2.19. The van der Waals surface area contributed by atoms with Gasteiger partial charge in [0.25, 0.3) is 0 Å². The number of allylic oxidation sites excluding steroid dienone is 3. The van der Waals surface area contributed by atoms with Crippen LogP contribution in [-0.4, -0.2) is 7.12 Å². The predicted molar refractivity (Wildman–Crippen MR) is 54.2 cm³/mol. The topological polar surface area (TPSA) is 18.5 Å². The molecule has 2 aliphatic rings. The number of hydrogen-bond donors (Lipinski definition) is 0. The van der Waals surface area contributed by atoms with E-state index in [2.05, 4.69) is 5.73 Å². The van der Waals surface area contributed by atoms with Crippen LogP contribution in [0.5, 0.6) is 11.5 Å². The van der Waals surface area contributed by atoms with E-state index in [1.165, 1.54) is 0 Å². The lowest BCUT2D eigenvalue weighted by molar-refractivity contribution is 0.513. The van der Waals surface area contributed by atoms with Gasteiger partial charge in [-0.2, -0.15) is 0 Å². The highest BCUT2D eigenvalue weighted by atomic mass is 16.6. The summed E-state index contributed by atoms with van der Waals surface area (Å²) < 4.78 is 11.2. The van der Waals surface area contributed by atoms with Crippen LogP contribution in [0.4, 0.5) is 0 Å². The van der Waals surface area contributed by atoms with E-state index >= 15 is 0 Å². The van der Waals surface area contributed by atoms with Gasteiger partial charge in [-0.25, -0.2) is 0 Å². The van der Waals surface area contributed by atoms with Gasteiger partial charge in [-0.3, -0.25) is 0 Å². The molecule has 0 N–H and O–H groups in total.